The minimum atomic E-state index is 0.424. The van der Waals surface area contributed by atoms with Gasteiger partial charge in [-0.2, -0.15) is 0 Å². The first-order valence-corrected chi connectivity index (χ1v) is 5.72. The molecule has 0 aliphatic heterocycles. The molecule has 2 aromatic rings. The number of rotatable bonds is 4. The van der Waals surface area contributed by atoms with Crippen molar-refractivity contribution in [1.82, 2.24) is 0 Å². The van der Waals surface area contributed by atoms with Gasteiger partial charge in [0.15, 0.2) is 0 Å². The number of benzene rings is 2. The van der Waals surface area contributed by atoms with Gasteiger partial charge in [-0.05, 0) is 6.54 Å². The van der Waals surface area contributed by atoms with Gasteiger partial charge in [0.2, 0.25) is 6.71 Å². The van der Waals surface area contributed by atoms with E-state index in [-0.39, 0.29) is 0 Å². The van der Waals surface area contributed by atoms with Gasteiger partial charge in [-0.3, -0.25) is 0 Å². The lowest BCUT2D eigenvalue weighted by atomic mass is 9.39. The van der Waals surface area contributed by atoms with Crippen molar-refractivity contribution in [2.24, 2.45) is 5.73 Å². The van der Waals surface area contributed by atoms with E-state index in [1.165, 1.54) is 10.9 Å². The van der Waals surface area contributed by atoms with Gasteiger partial charge in [0.05, 0.1) is 0 Å². The Morgan fingerprint density at radius 2 is 1.19 bits per heavy atom. The predicted octanol–water partition coefficient (Wildman–Crippen LogP) is 1.25. The molecule has 0 heterocycles. The van der Waals surface area contributed by atoms with Crippen molar-refractivity contribution in [3.8, 4) is 0 Å². The first-order valence-electron chi connectivity index (χ1n) is 5.72. The first-order chi connectivity index (χ1) is 7.92. The van der Waals surface area contributed by atoms with Crippen LogP contribution in [0, 0.1) is 0 Å². The molecular formula is C14H16BN. The number of hydrogen-bond acceptors (Lipinski definition) is 1. The topological polar surface area (TPSA) is 26.0 Å². The minimum absolute atomic E-state index is 0.424. The van der Waals surface area contributed by atoms with Crippen LogP contribution in [0.3, 0.4) is 0 Å². The lowest BCUT2D eigenvalue weighted by Crippen LogP contribution is -2.43. The van der Waals surface area contributed by atoms with E-state index < -0.39 is 0 Å². The van der Waals surface area contributed by atoms with Crippen molar-refractivity contribution in [1.29, 1.82) is 0 Å². The van der Waals surface area contributed by atoms with Crippen LogP contribution in [0.2, 0.25) is 6.32 Å². The van der Waals surface area contributed by atoms with E-state index in [0.717, 1.165) is 6.32 Å². The molecule has 0 atom stereocenters. The Bertz CT molecular complexity index is 374. The smallest absolute Gasteiger partial charge is 0.210 e. The Labute approximate surface area is 97.4 Å². The molecule has 2 N–H and O–H groups in total. The maximum atomic E-state index is 5.70. The van der Waals surface area contributed by atoms with Gasteiger partial charge in [0.25, 0.3) is 0 Å². The fourth-order valence-electron chi connectivity index (χ4n) is 2.06. The van der Waals surface area contributed by atoms with Crippen LogP contribution in [0.1, 0.15) is 0 Å². The zero-order valence-corrected chi connectivity index (χ0v) is 9.34. The number of nitrogens with two attached hydrogens (primary N) is 1. The highest BCUT2D eigenvalue weighted by Gasteiger charge is 2.16. The molecule has 0 bridgehead atoms. The van der Waals surface area contributed by atoms with Crippen LogP contribution in [-0.4, -0.2) is 13.3 Å². The maximum absolute atomic E-state index is 5.70. The Morgan fingerprint density at radius 3 is 1.56 bits per heavy atom. The van der Waals surface area contributed by atoms with E-state index in [1.807, 2.05) is 12.1 Å². The van der Waals surface area contributed by atoms with Gasteiger partial charge in [0.1, 0.15) is 0 Å². The van der Waals surface area contributed by atoms with Crippen molar-refractivity contribution in [2.45, 2.75) is 6.32 Å². The second-order valence-corrected chi connectivity index (χ2v) is 3.95. The third-order valence-corrected chi connectivity index (χ3v) is 2.86. The molecule has 0 saturated carbocycles. The molecule has 80 valence electrons. The van der Waals surface area contributed by atoms with E-state index in [0.29, 0.717) is 13.3 Å². The van der Waals surface area contributed by atoms with Gasteiger partial charge in [0, 0.05) is 0 Å². The second-order valence-electron chi connectivity index (χ2n) is 3.95. The van der Waals surface area contributed by atoms with E-state index in [9.17, 15) is 0 Å². The first kappa shape index (κ1) is 11.0. The minimum Gasteiger partial charge on any atom is -0.331 e. The molecule has 0 spiro atoms. The summed E-state index contributed by atoms with van der Waals surface area (Å²) in [5, 5.41) is 0. The number of hydrogen-bond donors (Lipinski definition) is 1. The molecule has 0 aliphatic carbocycles. The van der Waals surface area contributed by atoms with Crippen molar-refractivity contribution in [2.75, 3.05) is 6.54 Å². The molecule has 2 heteroatoms. The fraction of sp³-hybridized carbons (Fsp3) is 0.143. The molecule has 0 unspecified atom stereocenters. The molecule has 0 aromatic heterocycles. The monoisotopic (exact) mass is 209 g/mol. The zero-order valence-electron chi connectivity index (χ0n) is 9.34. The van der Waals surface area contributed by atoms with Gasteiger partial charge < -0.3 is 5.73 Å². The van der Waals surface area contributed by atoms with E-state index >= 15 is 0 Å². The molecule has 0 fully saturated rings. The highest BCUT2D eigenvalue weighted by Crippen LogP contribution is 1.96. The summed E-state index contributed by atoms with van der Waals surface area (Å²) in [5.41, 5.74) is 8.40. The molecule has 1 nitrogen and oxygen atoms in total. The third-order valence-electron chi connectivity index (χ3n) is 2.86. The third kappa shape index (κ3) is 2.53. The Kier molecular flexibility index (Phi) is 3.78. The second kappa shape index (κ2) is 5.52. The molecule has 16 heavy (non-hydrogen) atoms. The highest BCUT2D eigenvalue weighted by atomic mass is 14.5. The van der Waals surface area contributed by atoms with Gasteiger partial charge in [-0.1, -0.05) is 77.9 Å². The summed E-state index contributed by atoms with van der Waals surface area (Å²) in [7, 11) is 0. The largest absolute Gasteiger partial charge is 0.331 e. The molecule has 0 amide bonds. The molecule has 0 aliphatic rings. The quantitative estimate of drug-likeness (QED) is 0.753. The van der Waals surface area contributed by atoms with Crippen molar-refractivity contribution in [3.05, 3.63) is 60.7 Å². The summed E-state index contributed by atoms with van der Waals surface area (Å²) in [5.74, 6) is 0. The summed E-state index contributed by atoms with van der Waals surface area (Å²) < 4.78 is 0. The van der Waals surface area contributed by atoms with Crippen LogP contribution in [0.25, 0.3) is 0 Å². The van der Waals surface area contributed by atoms with E-state index in [1.54, 1.807) is 0 Å². The molecular weight excluding hydrogens is 193 g/mol. The molecule has 2 rings (SSSR count). The summed E-state index contributed by atoms with van der Waals surface area (Å²) in [6.07, 6.45) is 0.994. The Balaban J connectivity index is 2.31. The van der Waals surface area contributed by atoms with Gasteiger partial charge >= 0.3 is 0 Å². The standard InChI is InChI=1S/C14H16BN/c16-12-11-15(13-7-3-1-4-8-13)14-9-5-2-6-10-14/h1-10H,11-12,16H2. The summed E-state index contributed by atoms with van der Waals surface area (Å²) in [6, 6.07) is 21.1. The lowest BCUT2D eigenvalue weighted by molar-refractivity contribution is 1.12. The Morgan fingerprint density at radius 1 is 0.750 bits per heavy atom. The van der Waals surface area contributed by atoms with Crippen molar-refractivity contribution < 1.29 is 0 Å². The van der Waals surface area contributed by atoms with Crippen LogP contribution >= 0.6 is 0 Å². The molecule has 2 aromatic carbocycles. The van der Waals surface area contributed by atoms with Crippen molar-refractivity contribution in [3.63, 3.8) is 0 Å². The van der Waals surface area contributed by atoms with E-state index in [4.69, 9.17) is 5.73 Å². The maximum Gasteiger partial charge on any atom is 0.210 e. The van der Waals surface area contributed by atoms with Crippen LogP contribution in [0.4, 0.5) is 0 Å². The molecule has 0 saturated heterocycles. The SMILES string of the molecule is NCCB(c1ccccc1)c1ccccc1. The van der Waals surface area contributed by atoms with Crippen LogP contribution in [0.5, 0.6) is 0 Å². The Hall–Kier alpha value is -1.54. The normalized spacial score (nSPS) is 10.1. The van der Waals surface area contributed by atoms with Crippen molar-refractivity contribution >= 4 is 17.6 Å². The van der Waals surface area contributed by atoms with Crippen LogP contribution in [0.15, 0.2) is 60.7 Å². The molecule has 0 radical (unpaired) electrons. The predicted molar refractivity (Wildman–Crippen MR) is 71.8 cm³/mol. The van der Waals surface area contributed by atoms with Crippen LogP contribution < -0.4 is 16.7 Å². The summed E-state index contributed by atoms with van der Waals surface area (Å²) in [4.78, 5) is 0. The van der Waals surface area contributed by atoms with Crippen LogP contribution in [-0.2, 0) is 0 Å². The zero-order chi connectivity index (χ0) is 11.2. The average Bonchev–Trinajstić information content (AvgIpc) is 2.38. The fourth-order valence-corrected chi connectivity index (χ4v) is 2.06. The van der Waals surface area contributed by atoms with Gasteiger partial charge in [-0.25, -0.2) is 0 Å². The summed E-state index contributed by atoms with van der Waals surface area (Å²) >= 11 is 0. The lowest BCUT2D eigenvalue weighted by Gasteiger charge is -2.13. The highest BCUT2D eigenvalue weighted by molar-refractivity contribution is 6.85. The van der Waals surface area contributed by atoms with Gasteiger partial charge in [-0.15, -0.1) is 0 Å². The average molecular weight is 209 g/mol. The van der Waals surface area contributed by atoms with E-state index in [2.05, 4.69) is 48.5 Å². The summed E-state index contributed by atoms with van der Waals surface area (Å²) in [6.45, 7) is 1.14.